The second-order valence-corrected chi connectivity index (χ2v) is 3.51. The fourth-order valence-electron chi connectivity index (χ4n) is 1.07. The molecule has 1 atom stereocenters. The average molecular weight is 205 g/mol. The average Bonchev–Trinajstić information content (AvgIpc) is 2.16. The van der Waals surface area contributed by atoms with Crippen LogP contribution in [-0.4, -0.2) is 16.6 Å². The lowest BCUT2D eigenvalue weighted by Gasteiger charge is -2.06. The van der Waals surface area contributed by atoms with E-state index < -0.39 is 0 Å². The summed E-state index contributed by atoms with van der Waals surface area (Å²) in [5.41, 5.74) is 6.76. The quantitative estimate of drug-likeness (QED) is 0.761. The van der Waals surface area contributed by atoms with Crippen LogP contribution in [-0.2, 0) is 4.79 Å². The first kappa shape index (κ1) is 11.4. The van der Waals surface area contributed by atoms with E-state index in [0.29, 0.717) is 11.5 Å². The van der Waals surface area contributed by atoms with Crippen LogP contribution in [0.2, 0.25) is 0 Å². The number of amides is 1. The maximum atomic E-state index is 10.9. The zero-order valence-electron chi connectivity index (χ0n) is 9.19. The summed E-state index contributed by atoms with van der Waals surface area (Å²) in [6.45, 7) is 5.41. The smallest absolute Gasteiger partial charge is 0.225 e. The molecule has 0 radical (unpaired) electrons. The van der Waals surface area contributed by atoms with Crippen molar-refractivity contribution in [2.75, 3.05) is 0 Å². The van der Waals surface area contributed by atoms with Crippen LogP contribution in [0.1, 0.15) is 19.5 Å². The highest BCUT2D eigenvalue weighted by Gasteiger charge is 2.11. The molecule has 1 rings (SSSR count). The zero-order valence-corrected chi connectivity index (χ0v) is 9.19. The summed E-state index contributed by atoms with van der Waals surface area (Å²) in [6.07, 6.45) is 0. The zero-order chi connectivity index (χ0) is 11.4. The molecule has 0 bridgehead atoms. The van der Waals surface area contributed by atoms with E-state index in [9.17, 15) is 4.79 Å². The molecule has 0 spiro atoms. The van der Waals surface area contributed by atoms with Gasteiger partial charge in [-0.05, 0) is 32.9 Å². The maximum Gasteiger partial charge on any atom is 0.225 e. The van der Waals surface area contributed by atoms with Crippen LogP contribution in [0.5, 0.6) is 0 Å². The van der Waals surface area contributed by atoms with E-state index in [2.05, 4.69) is 9.98 Å². The van der Waals surface area contributed by atoms with E-state index in [0.717, 1.165) is 5.69 Å². The summed E-state index contributed by atoms with van der Waals surface area (Å²) in [5, 5.41) is 0. The Kier molecular flexibility index (Phi) is 3.55. The molecule has 0 saturated heterocycles. The van der Waals surface area contributed by atoms with E-state index in [-0.39, 0.29) is 11.8 Å². The van der Waals surface area contributed by atoms with E-state index in [1.54, 1.807) is 19.9 Å². The number of carbonyl (C=O) groups is 1. The van der Waals surface area contributed by atoms with Gasteiger partial charge in [0.05, 0.1) is 5.92 Å². The van der Waals surface area contributed by atoms with Crippen LogP contribution in [0, 0.1) is 12.8 Å². The van der Waals surface area contributed by atoms with Gasteiger partial charge in [0.2, 0.25) is 5.91 Å². The molecule has 4 nitrogen and oxygen atoms in total. The van der Waals surface area contributed by atoms with Gasteiger partial charge < -0.3 is 5.73 Å². The third kappa shape index (κ3) is 3.16. The number of carbonyl (C=O) groups excluding carboxylic acids is 1. The number of aromatic nitrogens is 1. The van der Waals surface area contributed by atoms with Crippen molar-refractivity contribution < 1.29 is 4.79 Å². The number of pyridine rings is 1. The molecule has 2 N–H and O–H groups in total. The van der Waals surface area contributed by atoms with Crippen molar-refractivity contribution in [2.45, 2.75) is 20.8 Å². The number of hydrogen-bond donors (Lipinski definition) is 1. The van der Waals surface area contributed by atoms with E-state index in [1.165, 1.54) is 0 Å². The van der Waals surface area contributed by atoms with Gasteiger partial charge in [0.1, 0.15) is 0 Å². The number of hydrogen-bond acceptors (Lipinski definition) is 3. The fourth-order valence-corrected chi connectivity index (χ4v) is 1.07. The summed E-state index contributed by atoms with van der Waals surface area (Å²) in [6, 6.07) is 5.57. The SMILES string of the molecule is CC(=Nc1cccc(C)n1)C(C)C(N)=O. The van der Waals surface area contributed by atoms with Gasteiger partial charge in [-0.2, -0.15) is 0 Å². The van der Waals surface area contributed by atoms with Crippen molar-refractivity contribution in [1.29, 1.82) is 0 Å². The molecule has 0 saturated carbocycles. The highest BCUT2D eigenvalue weighted by molar-refractivity contribution is 6.02. The molecular formula is C11H15N3O. The summed E-state index contributed by atoms with van der Waals surface area (Å²) < 4.78 is 0. The predicted octanol–water partition coefficient (Wildman–Crippen LogP) is 1.60. The topological polar surface area (TPSA) is 68.3 Å². The molecular weight excluding hydrogens is 190 g/mol. The standard InChI is InChI=1S/C11H15N3O/c1-7-5-4-6-10(13-7)14-9(3)8(2)11(12)15/h4-6,8H,1-3H3,(H2,12,15). The van der Waals surface area contributed by atoms with Gasteiger partial charge in [0, 0.05) is 11.4 Å². The Bertz CT molecular complexity index is 399. The van der Waals surface area contributed by atoms with Crippen LogP contribution >= 0.6 is 0 Å². The van der Waals surface area contributed by atoms with Crippen molar-refractivity contribution in [1.82, 2.24) is 4.98 Å². The van der Waals surface area contributed by atoms with Crippen LogP contribution in [0.4, 0.5) is 5.82 Å². The first-order valence-corrected chi connectivity index (χ1v) is 4.79. The summed E-state index contributed by atoms with van der Waals surface area (Å²) in [5.74, 6) is -0.114. The molecule has 15 heavy (non-hydrogen) atoms. The molecule has 1 aromatic heterocycles. The van der Waals surface area contributed by atoms with E-state index in [4.69, 9.17) is 5.73 Å². The van der Waals surface area contributed by atoms with Gasteiger partial charge in [-0.15, -0.1) is 0 Å². The van der Waals surface area contributed by atoms with Crippen molar-refractivity contribution in [3.63, 3.8) is 0 Å². The van der Waals surface area contributed by atoms with Crippen molar-refractivity contribution in [3.8, 4) is 0 Å². The molecule has 1 unspecified atom stereocenters. The predicted molar refractivity (Wildman–Crippen MR) is 60.1 cm³/mol. The highest BCUT2D eigenvalue weighted by Crippen LogP contribution is 2.10. The third-order valence-electron chi connectivity index (χ3n) is 2.22. The number of rotatable bonds is 3. The molecule has 0 aromatic carbocycles. The molecule has 80 valence electrons. The van der Waals surface area contributed by atoms with Crippen LogP contribution in [0.15, 0.2) is 23.2 Å². The molecule has 4 heteroatoms. The monoisotopic (exact) mass is 205 g/mol. The minimum Gasteiger partial charge on any atom is -0.369 e. The number of nitrogens with zero attached hydrogens (tertiary/aromatic N) is 2. The number of aryl methyl sites for hydroxylation is 1. The Balaban J connectivity index is 2.92. The van der Waals surface area contributed by atoms with Crippen molar-refractivity contribution in [3.05, 3.63) is 23.9 Å². The van der Waals surface area contributed by atoms with Crippen LogP contribution in [0.3, 0.4) is 0 Å². The van der Waals surface area contributed by atoms with Gasteiger partial charge in [-0.3, -0.25) is 4.79 Å². The summed E-state index contributed by atoms with van der Waals surface area (Å²) in [4.78, 5) is 19.4. The van der Waals surface area contributed by atoms with Gasteiger partial charge in [-0.25, -0.2) is 9.98 Å². The van der Waals surface area contributed by atoms with E-state index in [1.807, 2.05) is 19.1 Å². The first-order valence-electron chi connectivity index (χ1n) is 4.79. The Morgan fingerprint density at radius 3 is 2.73 bits per heavy atom. The van der Waals surface area contributed by atoms with E-state index >= 15 is 0 Å². The molecule has 0 aliphatic rings. The Hall–Kier alpha value is -1.71. The number of primary amides is 1. The minimum absolute atomic E-state index is 0.354. The maximum absolute atomic E-state index is 10.9. The summed E-state index contributed by atoms with van der Waals surface area (Å²) >= 11 is 0. The Morgan fingerprint density at radius 1 is 1.53 bits per heavy atom. The molecule has 0 aliphatic heterocycles. The second-order valence-electron chi connectivity index (χ2n) is 3.51. The largest absolute Gasteiger partial charge is 0.369 e. The van der Waals surface area contributed by atoms with Gasteiger partial charge in [-0.1, -0.05) is 6.07 Å². The van der Waals surface area contributed by atoms with Gasteiger partial charge in [0.15, 0.2) is 5.82 Å². The Morgan fingerprint density at radius 2 is 2.20 bits per heavy atom. The lowest BCUT2D eigenvalue weighted by atomic mass is 10.1. The normalized spacial score (nSPS) is 13.7. The molecule has 0 aliphatic carbocycles. The summed E-state index contributed by atoms with van der Waals surface area (Å²) in [7, 11) is 0. The Labute approximate surface area is 89.2 Å². The van der Waals surface area contributed by atoms with Gasteiger partial charge in [0.25, 0.3) is 0 Å². The number of nitrogens with two attached hydrogens (primary N) is 1. The third-order valence-corrected chi connectivity index (χ3v) is 2.22. The first-order chi connectivity index (χ1) is 7.00. The second kappa shape index (κ2) is 4.68. The minimum atomic E-state index is -0.371. The van der Waals surface area contributed by atoms with Crippen LogP contribution < -0.4 is 5.73 Å². The molecule has 1 aromatic rings. The van der Waals surface area contributed by atoms with Gasteiger partial charge >= 0.3 is 0 Å². The lowest BCUT2D eigenvalue weighted by Crippen LogP contribution is -2.26. The highest BCUT2D eigenvalue weighted by atomic mass is 16.1. The number of aliphatic imine (C=N–C) groups is 1. The van der Waals surface area contributed by atoms with Crippen LogP contribution in [0.25, 0.3) is 0 Å². The lowest BCUT2D eigenvalue weighted by molar-refractivity contribution is -0.119. The molecule has 1 heterocycles. The molecule has 1 amide bonds. The molecule has 0 fully saturated rings. The fraction of sp³-hybridized carbons (Fsp3) is 0.364. The van der Waals surface area contributed by atoms with Crippen molar-refractivity contribution in [2.24, 2.45) is 16.6 Å². The van der Waals surface area contributed by atoms with Crippen molar-refractivity contribution >= 4 is 17.4 Å².